The lowest BCUT2D eigenvalue weighted by molar-refractivity contribution is 0.628. The smallest absolute Gasteiger partial charge is 0.125 e. The van der Waals surface area contributed by atoms with E-state index >= 15 is 0 Å². The van der Waals surface area contributed by atoms with E-state index in [9.17, 15) is 4.39 Å². The molecule has 0 bridgehead atoms. The molecule has 1 aromatic heterocycles. The fourth-order valence-corrected chi connectivity index (χ4v) is 1.68. The van der Waals surface area contributed by atoms with Crippen molar-refractivity contribution in [2.24, 2.45) is 0 Å². The second-order valence-electron chi connectivity index (χ2n) is 3.21. The summed E-state index contributed by atoms with van der Waals surface area (Å²) >= 11 is 1.31. The van der Waals surface area contributed by atoms with Crippen molar-refractivity contribution in [2.45, 2.75) is 13.5 Å². The third kappa shape index (κ3) is 2.50. The molecule has 5 heteroatoms. The summed E-state index contributed by atoms with van der Waals surface area (Å²) in [6, 6.07) is 4.68. The Balaban J connectivity index is 2.07. The Morgan fingerprint density at radius 1 is 1.47 bits per heavy atom. The molecule has 0 unspecified atom stereocenters. The summed E-state index contributed by atoms with van der Waals surface area (Å²) in [5.74, 6) is -0.237. The molecular weight excluding hydrogens is 213 g/mol. The molecule has 0 aliphatic carbocycles. The number of halogens is 1. The van der Waals surface area contributed by atoms with Gasteiger partial charge in [-0.15, -0.1) is 5.10 Å². The Hall–Kier alpha value is -1.49. The predicted molar refractivity (Wildman–Crippen MR) is 58.4 cm³/mol. The number of aryl methyl sites for hydroxylation is 1. The average molecular weight is 223 g/mol. The van der Waals surface area contributed by atoms with Crippen LogP contribution in [0.5, 0.6) is 0 Å². The normalized spacial score (nSPS) is 10.3. The number of rotatable bonds is 3. The molecule has 1 heterocycles. The van der Waals surface area contributed by atoms with Crippen LogP contribution in [-0.4, -0.2) is 9.59 Å². The number of hydrogen-bond acceptors (Lipinski definition) is 4. The SMILES string of the molecule is Cc1ccc(F)cc1NCc1csnn1. The standard InChI is InChI=1S/C10H10FN3S/c1-7-2-3-8(11)4-10(7)12-5-9-6-15-14-13-9/h2-4,6,12H,5H2,1H3. The van der Waals surface area contributed by atoms with Gasteiger partial charge in [0.25, 0.3) is 0 Å². The van der Waals surface area contributed by atoms with Gasteiger partial charge >= 0.3 is 0 Å². The maximum absolute atomic E-state index is 12.9. The van der Waals surface area contributed by atoms with E-state index < -0.39 is 0 Å². The largest absolute Gasteiger partial charge is 0.379 e. The second-order valence-corrected chi connectivity index (χ2v) is 3.82. The molecule has 0 spiro atoms. The maximum Gasteiger partial charge on any atom is 0.125 e. The van der Waals surface area contributed by atoms with Gasteiger partial charge in [-0.05, 0) is 36.2 Å². The first-order valence-corrected chi connectivity index (χ1v) is 5.35. The van der Waals surface area contributed by atoms with E-state index in [0.29, 0.717) is 6.54 Å². The molecule has 2 rings (SSSR count). The van der Waals surface area contributed by atoms with Crippen LogP contribution in [0.15, 0.2) is 23.6 Å². The highest BCUT2D eigenvalue weighted by Gasteiger charge is 2.01. The average Bonchev–Trinajstić information content (AvgIpc) is 2.72. The van der Waals surface area contributed by atoms with E-state index in [0.717, 1.165) is 16.9 Å². The van der Waals surface area contributed by atoms with Crippen LogP contribution in [0.1, 0.15) is 11.3 Å². The van der Waals surface area contributed by atoms with E-state index in [1.165, 1.54) is 23.7 Å². The van der Waals surface area contributed by atoms with Gasteiger partial charge in [0, 0.05) is 11.1 Å². The third-order valence-electron chi connectivity index (χ3n) is 2.06. The first-order chi connectivity index (χ1) is 7.25. The zero-order valence-electron chi connectivity index (χ0n) is 8.20. The zero-order chi connectivity index (χ0) is 10.7. The molecule has 78 valence electrons. The fourth-order valence-electron chi connectivity index (χ4n) is 1.23. The summed E-state index contributed by atoms with van der Waals surface area (Å²) in [6.45, 7) is 2.50. The van der Waals surface area contributed by atoms with E-state index in [1.807, 2.05) is 12.3 Å². The van der Waals surface area contributed by atoms with Crippen molar-refractivity contribution in [3.8, 4) is 0 Å². The minimum atomic E-state index is -0.237. The molecule has 0 amide bonds. The Kier molecular flexibility index (Phi) is 2.91. The van der Waals surface area contributed by atoms with Gasteiger partial charge in [-0.2, -0.15) is 0 Å². The molecule has 0 saturated carbocycles. The number of benzene rings is 1. The summed E-state index contributed by atoms with van der Waals surface area (Å²) in [4.78, 5) is 0. The minimum absolute atomic E-state index is 0.237. The van der Waals surface area contributed by atoms with E-state index in [1.54, 1.807) is 6.07 Å². The highest BCUT2D eigenvalue weighted by atomic mass is 32.1. The summed E-state index contributed by atoms with van der Waals surface area (Å²) in [7, 11) is 0. The van der Waals surface area contributed by atoms with Gasteiger partial charge in [0.05, 0.1) is 12.2 Å². The van der Waals surface area contributed by atoms with Gasteiger partial charge in [-0.25, -0.2) is 4.39 Å². The zero-order valence-corrected chi connectivity index (χ0v) is 9.01. The molecule has 0 saturated heterocycles. The van der Waals surface area contributed by atoms with Crippen LogP contribution in [0.3, 0.4) is 0 Å². The van der Waals surface area contributed by atoms with Gasteiger partial charge in [0.1, 0.15) is 5.82 Å². The highest BCUT2D eigenvalue weighted by molar-refractivity contribution is 7.03. The third-order valence-corrected chi connectivity index (χ3v) is 2.62. The Bertz CT molecular complexity index is 442. The summed E-state index contributed by atoms with van der Waals surface area (Å²) in [6.07, 6.45) is 0. The Morgan fingerprint density at radius 3 is 3.07 bits per heavy atom. The van der Waals surface area contributed by atoms with E-state index in [-0.39, 0.29) is 5.82 Å². The Morgan fingerprint density at radius 2 is 2.33 bits per heavy atom. The quantitative estimate of drug-likeness (QED) is 0.869. The van der Waals surface area contributed by atoms with Crippen molar-refractivity contribution in [3.05, 3.63) is 40.7 Å². The number of anilines is 1. The first kappa shape index (κ1) is 10.0. The summed E-state index contributed by atoms with van der Waals surface area (Å²) in [5.41, 5.74) is 2.67. The lowest BCUT2D eigenvalue weighted by Crippen LogP contribution is -2.01. The van der Waals surface area contributed by atoms with Crippen molar-refractivity contribution in [3.63, 3.8) is 0 Å². The lowest BCUT2D eigenvalue weighted by atomic mass is 10.2. The van der Waals surface area contributed by atoms with Crippen LogP contribution >= 0.6 is 11.5 Å². The van der Waals surface area contributed by atoms with Crippen molar-refractivity contribution in [1.82, 2.24) is 9.59 Å². The van der Waals surface area contributed by atoms with Gasteiger partial charge in [-0.1, -0.05) is 10.6 Å². The molecule has 0 radical (unpaired) electrons. The van der Waals surface area contributed by atoms with Crippen LogP contribution in [0.25, 0.3) is 0 Å². The molecule has 0 aliphatic heterocycles. The fraction of sp³-hybridized carbons (Fsp3) is 0.200. The molecular formula is C10H10FN3S. The van der Waals surface area contributed by atoms with Gasteiger partial charge in [0.15, 0.2) is 0 Å². The number of hydrogen-bond donors (Lipinski definition) is 1. The van der Waals surface area contributed by atoms with Crippen LogP contribution in [-0.2, 0) is 6.54 Å². The van der Waals surface area contributed by atoms with Crippen molar-refractivity contribution >= 4 is 17.2 Å². The van der Waals surface area contributed by atoms with E-state index in [2.05, 4.69) is 14.9 Å². The van der Waals surface area contributed by atoms with Gasteiger partial charge in [-0.3, -0.25) is 0 Å². The number of aromatic nitrogens is 2. The summed E-state index contributed by atoms with van der Waals surface area (Å²) in [5, 5.41) is 8.88. The van der Waals surface area contributed by atoms with Crippen molar-refractivity contribution < 1.29 is 4.39 Å². The van der Waals surface area contributed by atoms with Crippen molar-refractivity contribution in [2.75, 3.05) is 5.32 Å². The molecule has 1 aromatic carbocycles. The first-order valence-electron chi connectivity index (χ1n) is 4.51. The van der Waals surface area contributed by atoms with Crippen LogP contribution in [0.4, 0.5) is 10.1 Å². The van der Waals surface area contributed by atoms with Gasteiger partial charge < -0.3 is 5.32 Å². The minimum Gasteiger partial charge on any atom is -0.379 e. The van der Waals surface area contributed by atoms with Crippen LogP contribution in [0, 0.1) is 12.7 Å². The molecule has 0 atom stereocenters. The molecule has 2 aromatic rings. The van der Waals surface area contributed by atoms with Gasteiger partial charge in [0.2, 0.25) is 0 Å². The van der Waals surface area contributed by atoms with Crippen LogP contribution < -0.4 is 5.32 Å². The molecule has 15 heavy (non-hydrogen) atoms. The second kappa shape index (κ2) is 4.35. The lowest BCUT2D eigenvalue weighted by Gasteiger charge is -2.07. The molecule has 1 N–H and O–H groups in total. The highest BCUT2D eigenvalue weighted by Crippen LogP contribution is 2.16. The number of nitrogens with one attached hydrogen (secondary N) is 1. The topological polar surface area (TPSA) is 37.8 Å². The summed E-state index contributed by atoms with van der Waals surface area (Å²) < 4.78 is 16.7. The van der Waals surface area contributed by atoms with Crippen molar-refractivity contribution in [1.29, 1.82) is 0 Å². The molecule has 3 nitrogen and oxygen atoms in total. The molecule has 0 fully saturated rings. The van der Waals surface area contributed by atoms with Crippen LogP contribution in [0.2, 0.25) is 0 Å². The monoisotopic (exact) mass is 223 g/mol. The molecule has 0 aliphatic rings. The Labute approximate surface area is 91.1 Å². The predicted octanol–water partition coefficient (Wildman–Crippen LogP) is 2.60. The number of nitrogens with zero attached hydrogens (tertiary/aromatic N) is 2. The van der Waals surface area contributed by atoms with E-state index in [4.69, 9.17) is 0 Å². The maximum atomic E-state index is 12.9.